The third-order valence-electron chi connectivity index (χ3n) is 6.03. The van der Waals surface area contributed by atoms with Crippen LogP contribution in [0.4, 0.5) is 5.69 Å². The van der Waals surface area contributed by atoms with Crippen molar-refractivity contribution in [1.82, 2.24) is 4.98 Å². The standard InChI is InChI=1S/C26H29ClN2O/c1-2-24-26(27)25(17-18-28-24)29(30-19-20-9-5-3-6-10-20)23-15-13-22(14-16-23)21-11-7-4-8-12-21/h3-12,17-18,22-23H,2,13-16,19H2,1H3/t22-,23+. The summed E-state index contributed by atoms with van der Waals surface area (Å²) in [6.07, 6.45) is 7.11. The summed E-state index contributed by atoms with van der Waals surface area (Å²) in [7, 11) is 0. The molecule has 0 bridgehead atoms. The molecule has 1 aliphatic rings. The Morgan fingerprint density at radius 1 is 0.933 bits per heavy atom. The Balaban J connectivity index is 1.53. The lowest BCUT2D eigenvalue weighted by Crippen LogP contribution is -2.38. The molecule has 1 fully saturated rings. The lowest BCUT2D eigenvalue weighted by Gasteiger charge is -2.38. The number of aryl methyl sites for hydroxylation is 1. The quantitative estimate of drug-likeness (QED) is 0.386. The van der Waals surface area contributed by atoms with Crippen molar-refractivity contribution in [3.8, 4) is 0 Å². The molecule has 0 radical (unpaired) electrons. The van der Waals surface area contributed by atoms with Crippen LogP contribution >= 0.6 is 11.6 Å². The molecule has 4 rings (SSSR count). The van der Waals surface area contributed by atoms with Crippen LogP contribution in [-0.2, 0) is 17.9 Å². The molecule has 0 saturated heterocycles. The molecule has 4 heteroatoms. The third-order valence-corrected chi connectivity index (χ3v) is 6.44. The van der Waals surface area contributed by atoms with Gasteiger partial charge in [-0.05, 0) is 55.2 Å². The van der Waals surface area contributed by atoms with Crippen LogP contribution in [0.15, 0.2) is 72.9 Å². The maximum atomic E-state index is 6.75. The number of hydroxylamine groups is 1. The fourth-order valence-electron chi connectivity index (χ4n) is 4.35. The van der Waals surface area contributed by atoms with E-state index in [4.69, 9.17) is 16.4 Å². The van der Waals surface area contributed by atoms with Gasteiger partial charge in [0.1, 0.15) is 0 Å². The molecule has 3 nitrogen and oxygen atoms in total. The molecule has 0 unspecified atom stereocenters. The summed E-state index contributed by atoms with van der Waals surface area (Å²) in [5.41, 5.74) is 4.45. The topological polar surface area (TPSA) is 25.4 Å². The summed E-state index contributed by atoms with van der Waals surface area (Å²) in [6.45, 7) is 2.61. The predicted octanol–water partition coefficient (Wildman–Crippen LogP) is 6.96. The zero-order valence-electron chi connectivity index (χ0n) is 17.5. The summed E-state index contributed by atoms with van der Waals surface area (Å²) in [6, 6.07) is 23.5. The Bertz CT molecular complexity index is 924. The molecule has 1 aromatic heterocycles. The van der Waals surface area contributed by atoms with Gasteiger partial charge in [-0.2, -0.15) is 0 Å². The molecule has 1 saturated carbocycles. The average molecular weight is 421 g/mol. The van der Waals surface area contributed by atoms with E-state index < -0.39 is 0 Å². The van der Waals surface area contributed by atoms with E-state index in [0.717, 1.165) is 49.0 Å². The van der Waals surface area contributed by atoms with Crippen molar-refractivity contribution < 1.29 is 4.84 Å². The monoisotopic (exact) mass is 420 g/mol. The van der Waals surface area contributed by atoms with Crippen LogP contribution in [0.5, 0.6) is 0 Å². The number of halogens is 1. The second-order valence-electron chi connectivity index (χ2n) is 7.95. The highest BCUT2D eigenvalue weighted by Gasteiger charge is 2.29. The second-order valence-corrected chi connectivity index (χ2v) is 8.32. The van der Waals surface area contributed by atoms with Crippen molar-refractivity contribution in [1.29, 1.82) is 0 Å². The zero-order chi connectivity index (χ0) is 20.8. The molecule has 0 spiro atoms. The van der Waals surface area contributed by atoms with E-state index in [1.807, 2.05) is 30.5 Å². The average Bonchev–Trinajstić information content (AvgIpc) is 2.82. The van der Waals surface area contributed by atoms with E-state index in [1.165, 1.54) is 5.56 Å². The maximum Gasteiger partial charge on any atom is 0.0999 e. The van der Waals surface area contributed by atoms with Crippen LogP contribution in [-0.4, -0.2) is 11.0 Å². The van der Waals surface area contributed by atoms with Gasteiger partial charge >= 0.3 is 0 Å². The van der Waals surface area contributed by atoms with Crippen molar-refractivity contribution in [3.05, 3.63) is 94.8 Å². The Kier molecular flexibility index (Phi) is 7.03. The molecule has 0 N–H and O–H groups in total. The molecule has 30 heavy (non-hydrogen) atoms. The fraction of sp³-hybridized carbons (Fsp3) is 0.346. The van der Waals surface area contributed by atoms with Crippen LogP contribution in [0.25, 0.3) is 0 Å². The van der Waals surface area contributed by atoms with E-state index in [9.17, 15) is 0 Å². The molecule has 0 aliphatic heterocycles. The lowest BCUT2D eigenvalue weighted by atomic mass is 9.81. The first-order valence-electron chi connectivity index (χ1n) is 10.9. The first kappa shape index (κ1) is 20.9. The van der Waals surface area contributed by atoms with Crippen LogP contribution in [0.3, 0.4) is 0 Å². The van der Waals surface area contributed by atoms with E-state index in [-0.39, 0.29) is 0 Å². The third kappa shape index (κ3) is 4.85. The van der Waals surface area contributed by atoms with Crippen molar-refractivity contribution >= 4 is 17.3 Å². The van der Waals surface area contributed by atoms with Crippen LogP contribution in [0.2, 0.25) is 5.02 Å². The summed E-state index contributed by atoms with van der Waals surface area (Å²) in [5.74, 6) is 0.623. The fourth-order valence-corrected chi connectivity index (χ4v) is 4.68. The highest BCUT2D eigenvalue weighted by atomic mass is 35.5. The van der Waals surface area contributed by atoms with Gasteiger partial charge in [0.2, 0.25) is 0 Å². The minimum atomic E-state index is 0.304. The van der Waals surface area contributed by atoms with Crippen LogP contribution < -0.4 is 5.06 Å². The van der Waals surface area contributed by atoms with Gasteiger partial charge in [-0.15, -0.1) is 0 Å². The smallest absolute Gasteiger partial charge is 0.0999 e. The largest absolute Gasteiger partial charge is 0.268 e. The van der Waals surface area contributed by atoms with Gasteiger partial charge in [-0.1, -0.05) is 79.2 Å². The number of benzene rings is 2. The maximum absolute atomic E-state index is 6.75. The molecular formula is C26H29ClN2O. The summed E-state index contributed by atoms with van der Waals surface area (Å²) >= 11 is 6.75. The minimum absolute atomic E-state index is 0.304. The number of aromatic nitrogens is 1. The van der Waals surface area contributed by atoms with E-state index in [2.05, 4.69) is 59.4 Å². The molecular weight excluding hydrogens is 392 g/mol. The van der Waals surface area contributed by atoms with Gasteiger partial charge in [0.05, 0.1) is 29.1 Å². The Labute approximate surface area is 184 Å². The summed E-state index contributed by atoms with van der Waals surface area (Å²) < 4.78 is 0. The molecule has 1 heterocycles. The Morgan fingerprint density at radius 3 is 2.27 bits per heavy atom. The van der Waals surface area contributed by atoms with Gasteiger partial charge in [-0.25, -0.2) is 5.06 Å². The SMILES string of the molecule is CCc1nccc(N(OCc2ccccc2)[C@H]2CC[C@@H](c3ccccc3)CC2)c1Cl. The van der Waals surface area contributed by atoms with Crippen molar-refractivity contribution in [2.45, 2.75) is 57.6 Å². The normalized spacial score (nSPS) is 18.9. The Hall–Kier alpha value is -2.36. The highest BCUT2D eigenvalue weighted by molar-refractivity contribution is 6.33. The van der Waals surface area contributed by atoms with Crippen LogP contribution in [0.1, 0.15) is 55.3 Å². The predicted molar refractivity (Wildman–Crippen MR) is 124 cm³/mol. The summed E-state index contributed by atoms with van der Waals surface area (Å²) in [4.78, 5) is 10.8. The Morgan fingerprint density at radius 2 is 1.60 bits per heavy atom. The number of pyridine rings is 1. The number of hydrogen-bond donors (Lipinski definition) is 0. The highest BCUT2D eigenvalue weighted by Crippen LogP contribution is 2.38. The summed E-state index contributed by atoms with van der Waals surface area (Å²) in [5, 5.41) is 2.77. The lowest BCUT2D eigenvalue weighted by molar-refractivity contribution is 0.0624. The van der Waals surface area contributed by atoms with E-state index in [1.54, 1.807) is 0 Å². The first-order valence-corrected chi connectivity index (χ1v) is 11.3. The number of rotatable bonds is 7. The van der Waals surface area contributed by atoms with Gasteiger partial charge < -0.3 is 0 Å². The molecule has 156 valence electrons. The van der Waals surface area contributed by atoms with E-state index in [0.29, 0.717) is 23.6 Å². The molecule has 1 aliphatic carbocycles. The van der Waals surface area contributed by atoms with E-state index >= 15 is 0 Å². The van der Waals surface area contributed by atoms with Crippen molar-refractivity contribution in [3.63, 3.8) is 0 Å². The second kappa shape index (κ2) is 10.1. The van der Waals surface area contributed by atoms with Crippen molar-refractivity contribution in [2.24, 2.45) is 0 Å². The van der Waals surface area contributed by atoms with Gasteiger partial charge in [0.25, 0.3) is 0 Å². The van der Waals surface area contributed by atoms with Crippen LogP contribution in [0, 0.1) is 0 Å². The van der Waals surface area contributed by atoms with Crippen molar-refractivity contribution in [2.75, 3.05) is 5.06 Å². The molecule has 0 amide bonds. The molecule has 0 atom stereocenters. The number of anilines is 1. The van der Waals surface area contributed by atoms with Gasteiger partial charge in [0, 0.05) is 6.20 Å². The van der Waals surface area contributed by atoms with Gasteiger partial charge in [-0.3, -0.25) is 9.82 Å². The number of hydrogen-bond acceptors (Lipinski definition) is 3. The van der Waals surface area contributed by atoms with Gasteiger partial charge in [0.15, 0.2) is 0 Å². The molecule has 2 aromatic carbocycles. The minimum Gasteiger partial charge on any atom is -0.268 e. The zero-order valence-corrected chi connectivity index (χ0v) is 18.3. The number of nitrogens with zero attached hydrogens (tertiary/aromatic N) is 2. The molecule has 3 aromatic rings. The first-order chi connectivity index (χ1) is 14.8.